The second kappa shape index (κ2) is 6.41. The van der Waals surface area contributed by atoms with Crippen molar-refractivity contribution in [3.63, 3.8) is 0 Å². The molecule has 0 heterocycles. The van der Waals surface area contributed by atoms with Crippen molar-refractivity contribution < 1.29 is 5.11 Å². The minimum Gasteiger partial charge on any atom is -0.389 e. The molecule has 0 aromatic rings. The number of hydrogen-bond acceptors (Lipinski definition) is 1. The fourth-order valence-corrected chi connectivity index (χ4v) is 1.18. The van der Waals surface area contributed by atoms with Gasteiger partial charge in [0.15, 0.2) is 0 Å². The molecule has 0 radical (unpaired) electrons. The van der Waals surface area contributed by atoms with Crippen LogP contribution in [0.5, 0.6) is 0 Å². The zero-order valence-corrected chi connectivity index (χ0v) is 7.71. The summed E-state index contributed by atoms with van der Waals surface area (Å²) in [7, 11) is 0. The summed E-state index contributed by atoms with van der Waals surface area (Å²) >= 11 is 0. The van der Waals surface area contributed by atoms with E-state index in [0.717, 1.165) is 6.42 Å². The van der Waals surface area contributed by atoms with Crippen molar-refractivity contribution in [3.8, 4) is 0 Å². The minimum atomic E-state index is -0.304. The van der Waals surface area contributed by atoms with Crippen molar-refractivity contribution in [1.82, 2.24) is 0 Å². The number of aliphatic hydroxyl groups excluding tert-OH is 1. The molecule has 0 saturated heterocycles. The van der Waals surface area contributed by atoms with Crippen LogP contribution in [0.4, 0.5) is 0 Å². The van der Waals surface area contributed by atoms with Crippen LogP contribution in [0.15, 0.2) is 12.7 Å². The molecule has 66 valence electrons. The second-order valence-electron chi connectivity index (χ2n) is 3.29. The normalized spacial score (nSPS) is 15.9. The molecule has 0 aliphatic heterocycles. The lowest BCUT2D eigenvalue weighted by Crippen LogP contribution is -2.08. The van der Waals surface area contributed by atoms with Crippen molar-refractivity contribution >= 4 is 0 Å². The van der Waals surface area contributed by atoms with Crippen molar-refractivity contribution in [1.29, 1.82) is 0 Å². The molecule has 0 spiro atoms. The van der Waals surface area contributed by atoms with E-state index in [0.29, 0.717) is 5.92 Å². The molecular weight excluding hydrogens is 136 g/mol. The average Bonchev–Trinajstić information content (AvgIpc) is 2.00. The van der Waals surface area contributed by atoms with Crippen LogP contribution < -0.4 is 0 Å². The van der Waals surface area contributed by atoms with E-state index in [-0.39, 0.29) is 6.10 Å². The lowest BCUT2D eigenvalue weighted by molar-refractivity contribution is 0.187. The van der Waals surface area contributed by atoms with Gasteiger partial charge in [-0.15, -0.1) is 6.58 Å². The topological polar surface area (TPSA) is 20.2 Å². The predicted molar refractivity (Wildman–Crippen MR) is 49.5 cm³/mol. The summed E-state index contributed by atoms with van der Waals surface area (Å²) < 4.78 is 0. The maximum atomic E-state index is 9.21. The van der Waals surface area contributed by atoms with E-state index in [9.17, 15) is 5.11 Å². The summed E-state index contributed by atoms with van der Waals surface area (Å²) in [5.74, 6) is 0.628. The zero-order valence-electron chi connectivity index (χ0n) is 7.71. The molecule has 0 saturated carbocycles. The summed E-state index contributed by atoms with van der Waals surface area (Å²) in [6.45, 7) is 7.92. The maximum absolute atomic E-state index is 9.21. The molecule has 1 heteroatoms. The fraction of sp³-hybridized carbons (Fsp3) is 0.800. The third-order valence-corrected chi connectivity index (χ3v) is 1.97. The smallest absolute Gasteiger partial charge is 0.0720 e. The molecule has 0 aromatic heterocycles. The third kappa shape index (κ3) is 6.11. The number of unbranched alkanes of at least 4 members (excludes halogenated alkanes) is 1. The largest absolute Gasteiger partial charge is 0.389 e. The predicted octanol–water partition coefficient (Wildman–Crippen LogP) is 2.75. The Hall–Kier alpha value is -0.300. The van der Waals surface area contributed by atoms with Gasteiger partial charge in [-0.05, 0) is 12.3 Å². The van der Waals surface area contributed by atoms with Crippen molar-refractivity contribution in [2.45, 2.75) is 45.6 Å². The molecule has 0 amide bonds. The molecular formula is C10H20O. The van der Waals surface area contributed by atoms with Gasteiger partial charge in [-0.1, -0.05) is 39.2 Å². The van der Waals surface area contributed by atoms with Crippen molar-refractivity contribution in [2.24, 2.45) is 5.92 Å². The highest BCUT2D eigenvalue weighted by Gasteiger charge is 2.05. The van der Waals surface area contributed by atoms with Crippen LogP contribution in [0.3, 0.4) is 0 Å². The Bertz CT molecular complexity index is 99.0. The second-order valence-corrected chi connectivity index (χ2v) is 3.29. The van der Waals surface area contributed by atoms with Gasteiger partial charge in [-0.3, -0.25) is 0 Å². The Morgan fingerprint density at radius 2 is 2.18 bits per heavy atom. The van der Waals surface area contributed by atoms with Gasteiger partial charge in [0.2, 0.25) is 0 Å². The van der Waals surface area contributed by atoms with Crippen molar-refractivity contribution in [2.75, 3.05) is 0 Å². The average molecular weight is 156 g/mol. The molecule has 0 rings (SSSR count). The molecule has 0 aliphatic rings. The standard InChI is InChI=1S/C10H20O/c1-4-6-7-9(3)8-10(11)5-2/h5,9-11H,2,4,6-8H2,1,3H3/t9-,10-/m1/s1. The maximum Gasteiger partial charge on any atom is 0.0720 e. The highest BCUT2D eigenvalue weighted by Crippen LogP contribution is 2.13. The van der Waals surface area contributed by atoms with E-state index in [4.69, 9.17) is 0 Å². The van der Waals surface area contributed by atoms with Crippen LogP contribution in [-0.4, -0.2) is 11.2 Å². The third-order valence-electron chi connectivity index (χ3n) is 1.97. The minimum absolute atomic E-state index is 0.304. The molecule has 0 aliphatic carbocycles. The van der Waals surface area contributed by atoms with Gasteiger partial charge in [0, 0.05) is 0 Å². The summed E-state index contributed by atoms with van der Waals surface area (Å²) in [4.78, 5) is 0. The number of hydrogen-bond donors (Lipinski definition) is 1. The van der Waals surface area contributed by atoms with Crippen LogP contribution in [0.25, 0.3) is 0 Å². The molecule has 2 atom stereocenters. The van der Waals surface area contributed by atoms with Gasteiger partial charge in [-0.25, -0.2) is 0 Å². The van der Waals surface area contributed by atoms with E-state index < -0.39 is 0 Å². The van der Waals surface area contributed by atoms with E-state index in [2.05, 4.69) is 20.4 Å². The summed E-state index contributed by atoms with van der Waals surface area (Å²) in [5, 5.41) is 9.21. The molecule has 1 nitrogen and oxygen atoms in total. The fourth-order valence-electron chi connectivity index (χ4n) is 1.18. The molecule has 0 aromatic carbocycles. The van der Waals surface area contributed by atoms with Gasteiger partial charge in [0.1, 0.15) is 0 Å². The van der Waals surface area contributed by atoms with E-state index in [1.54, 1.807) is 6.08 Å². The number of aliphatic hydroxyl groups is 1. The van der Waals surface area contributed by atoms with Gasteiger partial charge in [0.05, 0.1) is 6.10 Å². The van der Waals surface area contributed by atoms with Gasteiger partial charge in [-0.2, -0.15) is 0 Å². The van der Waals surface area contributed by atoms with Gasteiger partial charge in [0.25, 0.3) is 0 Å². The molecule has 0 fully saturated rings. The van der Waals surface area contributed by atoms with Crippen molar-refractivity contribution in [3.05, 3.63) is 12.7 Å². The summed E-state index contributed by atoms with van der Waals surface area (Å²) in [5.41, 5.74) is 0. The summed E-state index contributed by atoms with van der Waals surface area (Å²) in [6, 6.07) is 0. The Balaban J connectivity index is 3.34. The Morgan fingerprint density at radius 1 is 1.55 bits per heavy atom. The van der Waals surface area contributed by atoms with Crippen LogP contribution in [0.1, 0.15) is 39.5 Å². The quantitative estimate of drug-likeness (QED) is 0.586. The first kappa shape index (κ1) is 10.7. The van der Waals surface area contributed by atoms with Crippen LogP contribution in [0.2, 0.25) is 0 Å². The first-order chi connectivity index (χ1) is 5.20. The van der Waals surface area contributed by atoms with Gasteiger partial charge >= 0.3 is 0 Å². The highest BCUT2D eigenvalue weighted by atomic mass is 16.3. The lowest BCUT2D eigenvalue weighted by Gasteiger charge is -2.12. The Kier molecular flexibility index (Phi) is 6.24. The molecule has 0 bridgehead atoms. The van der Waals surface area contributed by atoms with Crippen LogP contribution in [0, 0.1) is 5.92 Å². The summed E-state index contributed by atoms with van der Waals surface area (Å²) in [6.07, 6.45) is 5.91. The van der Waals surface area contributed by atoms with Gasteiger partial charge < -0.3 is 5.11 Å². The zero-order chi connectivity index (χ0) is 8.69. The number of rotatable bonds is 6. The lowest BCUT2D eigenvalue weighted by atomic mass is 9.98. The SMILES string of the molecule is C=C[C@@H](O)C[C@H](C)CCCC. The van der Waals surface area contributed by atoms with E-state index >= 15 is 0 Å². The highest BCUT2D eigenvalue weighted by molar-refractivity contribution is 4.79. The Morgan fingerprint density at radius 3 is 2.64 bits per heavy atom. The molecule has 0 unspecified atom stereocenters. The van der Waals surface area contributed by atoms with E-state index in [1.807, 2.05) is 0 Å². The van der Waals surface area contributed by atoms with E-state index in [1.165, 1.54) is 19.3 Å². The Labute approximate surface area is 70.1 Å². The first-order valence-electron chi connectivity index (χ1n) is 4.51. The molecule has 11 heavy (non-hydrogen) atoms. The first-order valence-corrected chi connectivity index (χ1v) is 4.51. The molecule has 1 N–H and O–H groups in total. The van der Waals surface area contributed by atoms with Crippen LogP contribution >= 0.6 is 0 Å². The monoisotopic (exact) mass is 156 g/mol. The van der Waals surface area contributed by atoms with Crippen LogP contribution in [-0.2, 0) is 0 Å².